The summed E-state index contributed by atoms with van der Waals surface area (Å²) in [4.78, 5) is 4.26. The summed E-state index contributed by atoms with van der Waals surface area (Å²) >= 11 is 12.4. The maximum Gasteiger partial charge on any atom is 0.166 e. The third-order valence-electron chi connectivity index (χ3n) is 6.85. The number of hydrogen-bond donors (Lipinski definition) is 2. The number of pyridine rings is 1. The summed E-state index contributed by atoms with van der Waals surface area (Å²) in [7, 11) is 0. The summed E-state index contributed by atoms with van der Waals surface area (Å²) in [6.45, 7) is 2.71. The van der Waals surface area contributed by atoms with Crippen LogP contribution >= 0.6 is 23.2 Å². The van der Waals surface area contributed by atoms with E-state index in [1.54, 1.807) is 25.4 Å². The van der Waals surface area contributed by atoms with Crippen LogP contribution in [-0.4, -0.2) is 38.7 Å². The average Bonchev–Trinajstić information content (AvgIpc) is 3.44. The highest BCUT2D eigenvalue weighted by molar-refractivity contribution is 6.36. The van der Waals surface area contributed by atoms with Crippen LogP contribution in [0, 0.1) is 11.7 Å². The van der Waals surface area contributed by atoms with E-state index >= 15 is 0 Å². The van der Waals surface area contributed by atoms with Crippen LogP contribution in [-0.2, 0) is 4.74 Å². The molecule has 0 amide bonds. The third kappa shape index (κ3) is 4.24. The van der Waals surface area contributed by atoms with Gasteiger partial charge in [-0.1, -0.05) is 23.2 Å². The van der Waals surface area contributed by atoms with E-state index in [-0.39, 0.29) is 22.8 Å². The summed E-state index contributed by atoms with van der Waals surface area (Å²) in [5, 5.41) is 15.7. The van der Waals surface area contributed by atoms with Crippen LogP contribution < -0.4 is 10.5 Å². The highest BCUT2D eigenvalue weighted by Crippen LogP contribution is 2.43. The average molecular weight is 507 g/mol. The smallest absolute Gasteiger partial charge is 0.166 e. The number of nitrogens with two attached hydrogens (primary N) is 1. The van der Waals surface area contributed by atoms with Crippen molar-refractivity contribution in [2.45, 2.75) is 43.9 Å². The van der Waals surface area contributed by atoms with Crippen molar-refractivity contribution < 1.29 is 19.0 Å². The zero-order valence-electron chi connectivity index (χ0n) is 18.5. The normalized spacial score (nSPS) is 25.2. The van der Waals surface area contributed by atoms with E-state index in [4.69, 9.17) is 38.4 Å². The Morgan fingerprint density at radius 2 is 2.12 bits per heavy atom. The minimum atomic E-state index is -0.783. The van der Waals surface area contributed by atoms with Gasteiger partial charge in [0.05, 0.1) is 36.1 Å². The maximum absolute atomic E-state index is 14.0. The first-order valence-corrected chi connectivity index (χ1v) is 11.9. The number of nitrogens with zero attached hydrogens (tertiary/aromatic N) is 3. The summed E-state index contributed by atoms with van der Waals surface area (Å²) < 4.78 is 27.4. The van der Waals surface area contributed by atoms with Crippen molar-refractivity contribution >= 4 is 29.0 Å². The molecule has 34 heavy (non-hydrogen) atoms. The Balaban J connectivity index is 1.37. The van der Waals surface area contributed by atoms with Crippen molar-refractivity contribution in [1.29, 1.82) is 0 Å². The number of anilines is 1. The predicted molar refractivity (Wildman–Crippen MR) is 127 cm³/mol. The predicted octanol–water partition coefficient (Wildman–Crippen LogP) is 5.22. The second-order valence-electron chi connectivity index (χ2n) is 9.08. The van der Waals surface area contributed by atoms with Gasteiger partial charge in [0, 0.05) is 46.4 Å². The van der Waals surface area contributed by atoms with Gasteiger partial charge in [0.1, 0.15) is 11.9 Å². The first-order chi connectivity index (χ1) is 16.2. The SMILES string of the molecule is C[C@@H](Oc1cc(-c2cnn(C3CCC4COCC4(O)C3)c2)cnc1N)c1c(Cl)ccc(F)c1Cl. The number of ether oxygens (including phenoxy) is 2. The van der Waals surface area contributed by atoms with Gasteiger partial charge in [-0.3, -0.25) is 4.68 Å². The van der Waals surface area contributed by atoms with Gasteiger partial charge in [0.2, 0.25) is 0 Å². The molecule has 2 fully saturated rings. The van der Waals surface area contributed by atoms with Crippen LogP contribution in [0.4, 0.5) is 10.2 Å². The second kappa shape index (κ2) is 9.00. The first-order valence-electron chi connectivity index (χ1n) is 11.2. The maximum atomic E-state index is 14.0. The van der Waals surface area contributed by atoms with E-state index in [1.165, 1.54) is 12.1 Å². The Hall–Kier alpha value is -2.39. The van der Waals surface area contributed by atoms with Crippen LogP contribution in [0.1, 0.15) is 43.9 Å². The van der Waals surface area contributed by atoms with Gasteiger partial charge in [-0.15, -0.1) is 0 Å². The highest BCUT2D eigenvalue weighted by atomic mass is 35.5. The fourth-order valence-corrected chi connectivity index (χ4v) is 5.59. The molecule has 7 nitrogen and oxygen atoms in total. The summed E-state index contributed by atoms with van der Waals surface area (Å²) in [5.74, 6) is 0.133. The lowest BCUT2D eigenvalue weighted by Gasteiger charge is -2.37. The third-order valence-corrected chi connectivity index (χ3v) is 7.56. The van der Waals surface area contributed by atoms with Crippen LogP contribution in [0.5, 0.6) is 5.75 Å². The molecule has 3 unspecified atom stereocenters. The minimum Gasteiger partial charge on any atom is -0.482 e. The van der Waals surface area contributed by atoms with E-state index in [2.05, 4.69) is 10.1 Å². The molecule has 10 heteroatoms. The molecule has 4 atom stereocenters. The lowest BCUT2D eigenvalue weighted by Crippen LogP contribution is -2.43. The fourth-order valence-electron chi connectivity index (χ4n) is 4.92. The molecule has 1 saturated carbocycles. The lowest BCUT2D eigenvalue weighted by molar-refractivity contribution is -0.0413. The summed E-state index contributed by atoms with van der Waals surface area (Å²) in [5.41, 5.74) is 7.20. The monoisotopic (exact) mass is 506 g/mol. The Bertz CT molecular complexity index is 1220. The number of aliphatic hydroxyl groups is 1. The van der Waals surface area contributed by atoms with Crippen LogP contribution in [0.15, 0.2) is 36.8 Å². The highest BCUT2D eigenvalue weighted by Gasteiger charge is 2.47. The molecule has 180 valence electrons. The van der Waals surface area contributed by atoms with Gasteiger partial charge in [-0.25, -0.2) is 9.37 Å². The molecule has 3 heterocycles. The molecule has 1 aliphatic heterocycles. The van der Waals surface area contributed by atoms with Gasteiger partial charge in [-0.05, 0) is 38.0 Å². The molecule has 2 aliphatic rings. The number of halogens is 3. The Labute approximate surface area is 206 Å². The standard InChI is InChI=1S/C24H25Cl2FN4O3/c1-13(21-18(25)4-5-19(27)22(21)26)34-20-6-14(8-29-23(20)28)15-9-30-31(10-15)17-3-2-16-11-33-12-24(16,32)7-17/h4-6,8-10,13,16-17,32H,2-3,7,11-12H2,1H3,(H2,28,29)/t13-,16?,17?,24?/m1/s1. The topological polar surface area (TPSA) is 95.4 Å². The molecule has 0 radical (unpaired) electrons. The molecular weight excluding hydrogens is 482 g/mol. The largest absolute Gasteiger partial charge is 0.482 e. The van der Waals surface area contributed by atoms with E-state index in [1.807, 2.05) is 10.9 Å². The molecule has 0 spiro atoms. The molecule has 2 aromatic heterocycles. The Morgan fingerprint density at radius 3 is 2.94 bits per heavy atom. The summed E-state index contributed by atoms with van der Waals surface area (Å²) in [6.07, 6.45) is 7.11. The Morgan fingerprint density at radius 1 is 1.29 bits per heavy atom. The number of nitrogen functional groups attached to an aromatic ring is 1. The number of benzene rings is 1. The van der Waals surface area contributed by atoms with E-state index in [9.17, 15) is 9.50 Å². The molecule has 5 rings (SSSR count). The van der Waals surface area contributed by atoms with Crippen LogP contribution in [0.3, 0.4) is 0 Å². The number of rotatable bonds is 5. The molecule has 3 aromatic rings. The molecule has 1 saturated heterocycles. The van der Waals surface area contributed by atoms with Gasteiger partial charge in [0.15, 0.2) is 11.6 Å². The first kappa shape index (κ1) is 23.4. The molecule has 3 N–H and O–H groups in total. The van der Waals surface area contributed by atoms with Crippen molar-refractivity contribution in [3.8, 4) is 16.9 Å². The van der Waals surface area contributed by atoms with Gasteiger partial charge in [-0.2, -0.15) is 5.10 Å². The zero-order chi connectivity index (χ0) is 24.0. The second-order valence-corrected chi connectivity index (χ2v) is 9.87. The number of aromatic nitrogens is 3. The van der Waals surface area contributed by atoms with Crippen molar-refractivity contribution in [2.24, 2.45) is 5.92 Å². The molecular formula is C24H25Cl2FN4O3. The van der Waals surface area contributed by atoms with Crippen molar-refractivity contribution in [3.05, 3.63) is 58.2 Å². The van der Waals surface area contributed by atoms with E-state index in [0.29, 0.717) is 36.0 Å². The van der Waals surface area contributed by atoms with E-state index < -0.39 is 17.5 Å². The lowest BCUT2D eigenvalue weighted by atomic mass is 9.75. The van der Waals surface area contributed by atoms with E-state index in [0.717, 1.165) is 24.0 Å². The van der Waals surface area contributed by atoms with Crippen LogP contribution in [0.2, 0.25) is 10.0 Å². The van der Waals surface area contributed by atoms with Gasteiger partial charge < -0.3 is 20.3 Å². The number of hydrogen-bond acceptors (Lipinski definition) is 6. The fraction of sp³-hybridized carbons (Fsp3) is 0.417. The quantitative estimate of drug-likeness (QED) is 0.460. The molecule has 1 aliphatic carbocycles. The Kier molecular flexibility index (Phi) is 6.18. The zero-order valence-corrected chi connectivity index (χ0v) is 20.1. The van der Waals surface area contributed by atoms with Crippen LogP contribution in [0.25, 0.3) is 11.1 Å². The van der Waals surface area contributed by atoms with Gasteiger partial charge >= 0.3 is 0 Å². The van der Waals surface area contributed by atoms with Crippen molar-refractivity contribution in [2.75, 3.05) is 18.9 Å². The molecule has 1 aromatic carbocycles. The summed E-state index contributed by atoms with van der Waals surface area (Å²) in [6, 6.07) is 4.49. The number of fused-ring (bicyclic) bond motifs is 1. The van der Waals surface area contributed by atoms with Gasteiger partial charge in [0.25, 0.3) is 0 Å². The van der Waals surface area contributed by atoms with Crippen molar-refractivity contribution in [1.82, 2.24) is 14.8 Å². The van der Waals surface area contributed by atoms with Crippen molar-refractivity contribution in [3.63, 3.8) is 0 Å². The molecule has 0 bridgehead atoms. The minimum absolute atomic E-state index is 0.0893.